The molecule has 0 fully saturated rings. The van der Waals surface area contributed by atoms with Crippen molar-refractivity contribution in [3.63, 3.8) is 0 Å². The fourth-order valence-electron chi connectivity index (χ4n) is 8.96. The number of rotatable bonds is 21. The molecular weight excluding hydrogens is 1010 g/mol. The summed E-state index contributed by atoms with van der Waals surface area (Å²) in [4.78, 5) is 14.3. The van der Waals surface area contributed by atoms with Crippen LogP contribution in [0.4, 0.5) is 17.5 Å². The number of anilines is 1. The number of aromatic nitrogens is 3. The Morgan fingerprint density at radius 2 is 0.710 bits per heavy atom. The van der Waals surface area contributed by atoms with Crippen molar-refractivity contribution in [3.8, 4) is 33.8 Å². The Labute approximate surface area is 441 Å². The van der Waals surface area contributed by atoms with Crippen LogP contribution in [0, 0.1) is 77.2 Å². The first kappa shape index (κ1) is 62.4. The predicted octanol–water partition coefficient (Wildman–Crippen LogP) is 19.1. The second kappa shape index (κ2) is 33.8. The molecule has 3 aromatic carbocycles. The maximum Gasteiger partial charge on any atom is 4.00 e. The van der Waals surface area contributed by atoms with Crippen LogP contribution in [0.15, 0.2) is 91.0 Å². The van der Waals surface area contributed by atoms with Crippen LogP contribution in [0.3, 0.4) is 0 Å². The fraction of sp³-hybridized carbons (Fsp3) is 0.435. The summed E-state index contributed by atoms with van der Waals surface area (Å²) in [5.41, 5.74) is 18.5. The van der Waals surface area contributed by atoms with E-state index in [1.165, 1.54) is 131 Å². The topological polar surface area (TPSA) is 78.9 Å². The summed E-state index contributed by atoms with van der Waals surface area (Å²) in [5, 5.41) is 12.7. The number of hydrogen-bond acceptors (Lipinski definition) is 4. The van der Waals surface area contributed by atoms with E-state index >= 15 is 0 Å². The number of pyridine rings is 3. The van der Waals surface area contributed by atoms with Gasteiger partial charge in [0.25, 0.3) is 0 Å². The summed E-state index contributed by atoms with van der Waals surface area (Å²) in [6, 6.07) is 31.9. The SMILES string of the molecule is CCCCCCNc1cccc(-c2c(C)cc(C)cc2C)n1.CCCCCC[N-]c1cccc(-c2c(C)cc(C)cc2C)n1.CCCCCC[N-]c1cccc(-c2c(C)cc(C)cc2C)n1.[CH3-].[CH3-].[Hf+4]. The molecule has 3 aromatic heterocycles. The molecule has 370 valence electrons. The van der Waals surface area contributed by atoms with Crippen LogP contribution in [0.1, 0.15) is 148 Å². The van der Waals surface area contributed by atoms with Crippen molar-refractivity contribution in [2.75, 3.05) is 25.0 Å². The molecule has 0 radical (unpaired) electrons. The monoisotopic (exact) mass is 1100 g/mol. The van der Waals surface area contributed by atoms with Crippen LogP contribution < -0.4 is 5.32 Å². The summed E-state index contributed by atoms with van der Waals surface area (Å²) in [6.45, 7) is 28.8. The number of nitrogens with zero attached hydrogens (tertiary/aromatic N) is 5. The first-order valence-electron chi connectivity index (χ1n) is 25.1. The zero-order chi connectivity index (χ0) is 47.8. The number of hydrogen-bond donors (Lipinski definition) is 1. The van der Waals surface area contributed by atoms with Crippen LogP contribution in [-0.2, 0) is 25.8 Å². The van der Waals surface area contributed by atoms with Crippen LogP contribution in [0.25, 0.3) is 44.4 Å². The Morgan fingerprint density at radius 1 is 0.391 bits per heavy atom. The Balaban J connectivity index is 0.000000506. The quantitative estimate of drug-likeness (QED) is 0.0442. The normalized spacial score (nSPS) is 10.3. The maximum absolute atomic E-state index is 4.80. The molecule has 0 saturated heterocycles. The van der Waals surface area contributed by atoms with Crippen LogP contribution >= 0.6 is 0 Å². The van der Waals surface area contributed by atoms with Crippen LogP contribution in [0.5, 0.6) is 0 Å². The molecule has 3 heterocycles. The van der Waals surface area contributed by atoms with E-state index < -0.39 is 0 Å². The smallest absolute Gasteiger partial charge is 0.466 e. The average Bonchev–Trinajstić information content (AvgIpc) is 3.26. The Morgan fingerprint density at radius 3 is 1.06 bits per heavy atom. The second-order valence-electron chi connectivity index (χ2n) is 18.4. The molecule has 7 heteroatoms. The molecule has 0 aliphatic rings. The molecular formula is C62H88HfN6. The molecule has 0 unspecified atom stereocenters. The third-order valence-electron chi connectivity index (χ3n) is 11.9. The third-order valence-corrected chi connectivity index (χ3v) is 11.9. The van der Waals surface area contributed by atoms with Crippen molar-refractivity contribution < 1.29 is 25.8 Å². The number of unbranched alkanes of at least 4 members (excludes halogenated alkanes) is 9. The van der Waals surface area contributed by atoms with E-state index in [2.05, 4.69) is 178 Å². The van der Waals surface area contributed by atoms with Gasteiger partial charge in [0, 0.05) is 12.1 Å². The van der Waals surface area contributed by atoms with Gasteiger partial charge in [-0.05, 0) is 137 Å². The maximum atomic E-state index is 4.80. The van der Waals surface area contributed by atoms with Crippen molar-refractivity contribution in [2.24, 2.45) is 0 Å². The Hall–Kier alpha value is -4.62. The van der Waals surface area contributed by atoms with Gasteiger partial charge in [-0.1, -0.05) is 212 Å². The summed E-state index contributed by atoms with van der Waals surface area (Å²) in [6.07, 6.45) is 15.0. The van der Waals surface area contributed by atoms with E-state index in [-0.39, 0.29) is 40.7 Å². The number of nitrogens with one attached hydrogen (secondary N) is 1. The van der Waals surface area contributed by atoms with E-state index in [4.69, 9.17) is 15.0 Å². The minimum absolute atomic E-state index is 0. The van der Waals surface area contributed by atoms with Crippen LogP contribution in [-0.4, -0.2) is 34.6 Å². The number of benzene rings is 3. The van der Waals surface area contributed by atoms with Gasteiger partial charge in [-0.3, -0.25) is 0 Å². The van der Waals surface area contributed by atoms with Crippen molar-refractivity contribution in [3.05, 3.63) is 167 Å². The second-order valence-corrected chi connectivity index (χ2v) is 18.4. The van der Waals surface area contributed by atoms with Gasteiger partial charge in [-0.15, -0.1) is 0 Å². The van der Waals surface area contributed by atoms with Gasteiger partial charge in [0.2, 0.25) is 0 Å². The van der Waals surface area contributed by atoms with Crippen molar-refractivity contribution in [2.45, 2.75) is 160 Å². The molecule has 0 aliphatic carbocycles. The van der Waals surface area contributed by atoms with Crippen molar-refractivity contribution in [1.82, 2.24) is 15.0 Å². The zero-order valence-corrected chi connectivity index (χ0v) is 49.1. The average molecular weight is 1100 g/mol. The minimum atomic E-state index is 0. The van der Waals surface area contributed by atoms with Gasteiger partial charge in [-0.2, -0.15) is 0 Å². The summed E-state index contributed by atoms with van der Waals surface area (Å²) in [7, 11) is 0. The molecule has 0 amide bonds. The van der Waals surface area contributed by atoms with Gasteiger partial charge in [0.1, 0.15) is 5.82 Å². The molecule has 6 rings (SSSR count). The minimum Gasteiger partial charge on any atom is -0.466 e. The largest absolute Gasteiger partial charge is 4.00 e. The molecule has 6 nitrogen and oxygen atoms in total. The van der Waals surface area contributed by atoms with Gasteiger partial charge in [0.15, 0.2) is 0 Å². The van der Waals surface area contributed by atoms with Gasteiger partial charge >= 0.3 is 25.8 Å². The molecule has 69 heavy (non-hydrogen) atoms. The van der Waals surface area contributed by atoms with E-state index in [0.717, 1.165) is 67.0 Å². The van der Waals surface area contributed by atoms with Gasteiger partial charge < -0.3 is 40.8 Å². The molecule has 0 bridgehead atoms. The summed E-state index contributed by atoms with van der Waals surface area (Å²) in [5.74, 6) is 2.69. The fourth-order valence-corrected chi connectivity index (χ4v) is 8.96. The van der Waals surface area contributed by atoms with Gasteiger partial charge in [-0.25, -0.2) is 4.98 Å². The standard InChI is InChI=1S/C20H28N2.2C20H27N2.2CH3.Hf/c3*1-5-6-7-8-12-21-19-11-9-10-18(22-19)20-16(3)13-15(2)14-17(20)4;;;/h9-11,13-14H,5-8,12H2,1-4H3,(H,21,22);2*9-11,13-14H,5-8,12H2,1-4H3;2*1H3;/q;4*-1;+4. The Kier molecular flexibility index (Phi) is 30.6. The summed E-state index contributed by atoms with van der Waals surface area (Å²) >= 11 is 0. The van der Waals surface area contributed by atoms with Crippen molar-refractivity contribution >= 4 is 17.5 Å². The molecule has 1 N–H and O–H groups in total. The Bertz CT molecular complexity index is 2050. The van der Waals surface area contributed by atoms with Crippen molar-refractivity contribution in [1.29, 1.82) is 0 Å². The van der Waals surface area contributed by atoms with E-state index in [1.54, 1.807) is 0 Å². The van der Waals surface area contributed by atoms with Gasteiger partial charge in [0.05, 0.1) is 5.69 Å². The molecule has 6 aromatic rings. The zero-order valence-electron chi connectivity index (χ0n) is 45.5. The first-order chi connectivity index (χ1) is 31.8. The number of aryl methyl sites for hydroxylation is 9. The van der Waals surface area contributed by atoms with Crippen LogP contribution in [0.2, 0.25) is 0 Å². The molecule has 0 spiro atoms. The van der Waals surface area contributed by atoms with E-state index in [9.17, 15) is 0 Å². The molecule has 0 atom stereocenters. The predicted molar refractivity (Wildman–Crippen MR) is 301 cm³/mol. The van der Waals surface area contributed by atoms with E-state index in [0.29, 0.717) is 0 Å². The summed E-state index contributed by atoms with van der Waals surface area (Å²) < 4.78 is 0. The van der Waals surface area contributed by atoms with E-state index in [1.807, 2.05) is 12.1 Å². The third kappa shape index (κ3) is 21.1. The molecule has 0 aliphatic heterocycles. The first-order valence-corrected chi connectivity index (χ1v) is 25.1. The molecule has 0 saturated carbocycles.